The fourth-order valence-electron chi connectivity index (χ4n) is 1.63. The van der Waals surface area contributed by atoms with Crippen LogP contribution in [0.4, 0.5) is 14.6 Å². The maximum absolute atomic E-state index is 12.5. The number of aromatic nitrogens is 1. The van der Waals surface area contributed by atoms with Gasteiger partial charge >= 0.3 is 0 Å². The van der Waals surface area contributed by atoms with Gasteiger partial charge in [0.15, 0.2) is 0 Å². The molecule has 0 fully saturated rings. The average Bonchev–Trinajstić information content (AvgIpc) is 2.37. The van der Waals surface area contributed by atoms with Crippen molar-refractivity contribution in [1.29, 1.82) is 0 Å². The van der Waals surface area contributed by atoms with E-state index in [9.17, 15) is 8.78 Å². The zero-order valence-electron chi connectivity index (χ0n) is 10.6. The topological polar surface area (TPSA) is 48.4 Å². The van der Waals surface area contributed by atoms with Crippen LogP contribution in [0.3, 0.4) is 0 Å². The summed E-state index contributed by atoms with van der Waals surface area (Å²) in [6.45, 7) is 1.52. The minimum Gasteiger partial charge on any atom is -0.395 e. The third-order valence-corrected chi connectivity index (χ3v) is 2.75. The maximum atomic E-state index is 12.5. The highest BCUT2D eigenvalue weighted by molar-refractivity contribution is 5.41. The number of aliphatic hydroxyl groups excluding tert-OH is 1. The summed E-state index contributed by atoms with van der Waals surface area (Å²) in [7, 11) is 1.83. The van der Waals surface area contributed by atoms with E-state index >= 15 is 0 Å². The zero-order valence-corrected chi connectivity index (χ0v) is 10.6. The number of nitrogens with zero attached hydrogens (tertiary/aromatic N) is 2. The Labute approximate surface area is 106 Å². The average molecular weight is 259 g/mol. The lowest BCUT2D eigenvalue weighted by Gasteiger charge is -2.23. The van der Waals surface area contributed by atoms with Crippen LogP contribution in [0, 0.1) is 0 Å². The number of pyridine rings is 1. The van der Waals surface area contributed by atoms with Crippen molar-refractivity contribution < 1.29 is 13.9 Å². The molecule has 2 N–H and O–H groups in total. The third kappa shape index (κ3) is 4.19. The summed E-state index contributed by atoms with van der Waals surface area (Å²) in [5.74, 6) is 0.462. The maximum Gasteiger partial charge on any atom is 0.255 e. The summed E-state index contributed by atoms with van der Waals surface area (Å²) >= 11 is 0. The molecule has 0 bridgehead atoms. The molecular weight excluding hydrogens is 240 g/mol. The molecule has 1 aromatic heterocycles. The monoisotopic (exact) mass is 259 g/mol. The van der Waals surface area contributed by atoms with Crippen LogP contribution in [0.5, 0.6) is 0 Å². The van der Waals surface area contributed by atoms with E-state index in [-0.39, 0.29) is 19.2 Å². The van der Waals surface area contributed by atoms with Gasteiger partial charge in [0, 0.05) is 18.8 Å². The predicted octanol–water partition coefficient (Wildman–Crippen LogP) is 1.43. The van der Waals surface area contributed by atoms with Gasteiger partial charge in [-0.15, -0.1) is 0 Å². The van der Waals surface area contributed by atoms with Gasteiger partial charge in [0.05, 0.1) is 13.2 Å². The molecule has 1 unspecified atom stereocenters. The van der Waals surface area contributed by atoms with Crippen molar-refractivity contribution in [2.45, 2.75) is 19.4 Å². The summed E-state index contributed by atoms with van der Waals surface area (Å²) in [6.07, 6.45) is -0.863. The highest BCUT2D eigenvalue weighted by atomic mass is 19.3. The van der Waals surface area contributed by atoms with Gasteiger partial charge in [0.1, 0.15) is 5.82 Å². The van der Waals surface area contributed by atoms with E-state index in [2.05, 4.69) is 10.3 Å². The van der Waals surface area contributed by atoms with Gasteiger partial charge in [-0.25, -0.2) is 13.8 Å². The molecule has 0 aromatic carbocycles. The summed E-state index contributed by atoms with van der Waals surface area (Å²) in [5.41, 5.74) is 0.972. The van der Waals surface area contributed by atoms with Crippen molar-refractivity contribution in [3.63, 3.8) is 0 Å². The van der Waals surface area contributed by atoms with Crippen LogP contribution in [0.1, 0.15) is 18.5 Å². The summed E-state index contributed by atoms with van der Waals surface area (Å²) in [4.78, 5) is 5.47. The van der Waals surface area contributed by atoms with E-state index in [1.165, 1.54) is 4.90 Å². The van der Waals surface area contributed by atoms with E-state index in [0.717, 1.165) is 5.56 Å². The molecule has 1 atom stereocenters. The highest BCUT2D eigenvalue weighted by Crippen LogP contribution is 2.18. The molecule has 0 aliphatic heterocycles. The number of nitrogens with one attached hydrogen (secondary N) is 1. The van der Waals surface area contributed by atoms with E-state index in [1.54, 1.807) is 12.3 Å². The fraction of sp³-hybridized carbons (Fsp3) is 0.583. The molecule has 0 radical (unpaired) electrons. The van der Waals surface area contributed by atoms with E-state index in [4.69, 9.17) is 5.11 Å². The number of hydrogen-bond acceptors (Lipinski definition) is 4. The molecule has 0 amide bonds. The van der Waals surface area contributed by atoms with Crippen LogP contribution in [-0.4, -0.2) is 43.3 Å². The van der Waals surface area contributed by atoms with Crippen LogP contribution in [0.2, 0.25) is 0 Å². The largest absolute Gasteiger partial charge is 0.395 e. The first-order chi connectivity index (χ1) is 8.58. The van der Waals surface area contributed by atoms with Gasteiger partial charge in [-0.3, -0.25) is 0 Å². The molecule has 0 spiro atoms. The molecule has 102 valence electrons. The molecule has 18 heavy (non-hydrogen) atoms. The quantitative estimate of drug-likeness (QED) is 0.777. The van der Waals surface area contributed by atoms with Crippen LogP contribution >= 0.6 is 0 Å². The van der Waals surface area contributed by atoms with Gasteiger partial charge in [-0.05, 0) is 31.7 Å². The minimum atomic E-state index is -2.45. The molecule has 4 nitrogen and oxygen atoms in total. The van der Waals surface area contributed by atoms with Crippen LogP contribution in [0.25, 0.3) is 0 Å². The molecule has 6 heteroatoms. The van der Waals surface area contributed by atoms with Crippen molar-refractivity contribution in [2.24, 2.45) is 0 Å². The Morgan fingerprint density at radius 2 is 2.22 bits per heavy atom. The molecule has 0 saturated carbocycles. The number of rotatable bonds is 7. The number of aliphatic hydroxyl groups is 1. The number of hydrogen-bond donors (Lipinski definition) is 2. The van der Waals surface area contributed by atoms with Crippen LogP contribution in [0.15, 0.2) is 18.3 Å². The second kappa shape index (κ2) is 7.23. The first-order valence-electron chi connectivity index (χ1n) is 5.85. The SMILES string of the molecule is CNC(C)c1ccnc(N(CCO)CC(F)F)c1. The lowest BCUT2D eigenvalue weighted by atomic mass is 10.1. The van der Waals surface area contributed by atoms with Gasteiger partial charge in [0.2, 0.25) is 0 Å². The Morgan fingerprint density at radius 1 is 1.50 bits per heavy atom. The number of halogens is 2. The smallest absolute Gasteiger partial charge is 0.255 e. The van der Waals surface area contributed by atoms with Crippen LogP contribution < -0.4 is 10.2 Å². The lowest BCUT2D eigenvalue weighted by molar-refractivity contribution is 0.152. The Balaban J connectivity index is 2.90. The Hall–Kier alpha value is -1.27. The first-order valence-corrected chi connectivity index (χ1v) is 5.85. The predicted molar refractivity (Wildman–Crippen MR) is 67.0 cm³/mol. The van der Waals surface area contributed by atoms with Gasteiger partial charge < -0.3 is 15.3 Å². The van der Waals surface area contributed by atoms with Crippen LogP contribution in [-0.2, 0) is 0 Å². The molecule has 0 saturated heterocycles. The second-order valence-corrected chi connectivity index (χ2v) is 4.02. The molecule has 0 aliphatic carbocycles. The van der Waals surface area contributed by atoms with Crippen molar-refractivity contribution in [2.75, 3.05) is 31.6 Å². The Morgan fingerprint density at radius 3 is 2.78 bits per heavy atom. The van der Waals surface area contributed by atoms with Crippen molar-refractivity contribution in [3.8, 4) is 0 Å². The van der Waals surface area contributed by atoms with Gasteiger partial charge in [0.25, 0.3) is 6.43 Å². The number of alkyl halides is 2. The van der Waals surface area contributed by atoms with E-state index in [1.807, 2.05) is 20.0 Å². The summed E-state index contributed by atoms with van der Waals surface area (Å²) in [6, 6.07) is 3.72. The van der Waals surface area contributed by atoms with E-state index in [0.29, 0.717) is 5.82 Å². The Bertz CT molecular complexity index is 363. The number of anilines is 1. The van der Waals surface area contributed by atoms with Gasteiger partial charge in [-0.2, -0.15) is 0 Å². The molecular formula is C12H19F2N3O. The van der Waals surface area contributed by atoms with E-state index < -0.39 is 13.0 Å². The van der Waals surface area contributed by atoms with Crippen molar-refractivity contribution in [3.05, 3.63) is 23.9 Å². The normalized spacial score (nSPS) is 12.8. The standard InChI is InChI=1S/C12H19F2N3O/c1-9(15-2)10-3-4-16-12(7-10)17(5-6-18)8-11(13)14/h3-4,7,9,11,15,18H,5-6,8H2,1-2H3. The Kier molecular flexibility index (Phi) is 5.94. The third-order valence-electron chi connectivity index (χ3n) is 2.75. The first kappa shape index (κ1) is 14.8. The zero-order chi connectivity index (χ0) is 13.5. The summed E-state index contributed by atoms with van der Waals surface area (Å²) < 4.78 is 24.9. The minimum absolute atomic E-state index is 0.120. The molecule has 1 rings (SSSR count). The highest BCUT2D eigenvalue weighted by Gasteiger charge is 2.14. The second-order valence-electron chi connectivity index (χ2n) is 4.02. The molecule has 1 heterocycles. The van der Waals surface area contributed by atoms with Gasteiger partial charge in [-0.1, -0.05) is 0 Å². The van der Waals surface area contributed by atoms with Crippen molar-refractivity contribution >= 4 is 5.82 Å². The molecule has 1 aromatic rings. The lowest BCUT2D eigenvalue weighted by Crippen LogP contribution is -2.32. The molecule has 0 aliphatic rings. The van der Waals surface area contributed by atoms with Crippen molar-refractivity contribution in [1.82, 2.24) is 10.3 Å². The fourth-order valence-corrected chi connectivity index (χ4v) is 1.63. The summed E-state index contributed by atoms with van der Waals surface area (Å²) in [5, 5.41) is 12.0.